The van der Waals surface area contributed by atoms with E-state index in [4.69, 9.17) is 13.9 Å². The van der Waals surface area contributed by atoms with Gasteiger partial charge in [0.05, 0.1) is 19.9 Å². The van der Waals surface area contributed by atoms with Crippen LogP contribution in [-0.4, -0.2) is 21.3 Å². The van der Waals surface area contributed by atoms with Gasteiger partial charge in [0.1, 0.15) is 17.3 Å². The fourth-order valence-corrected chi connectivity index (χ4v) is 2.66. The van der Waals surface area contributed by atoms with Gasteiger partial charge in [0.25, 0.3) is 0 Å². The third kappa shape index (κ3) is 3.38. The molecule has 0 radical (unpaired) electrons. The molecule has 0 spiro atoms. The first-order valence-corrected chi connectivity index (χ1v) is 7.96. The Morgan fingerprint density at radius 3 is 2.32 bits per heavy atom. The zero-order chi connectivity index (χ0) is 17.8. The molecule has 128 valence electrons. The highest BCUT2D eigenvalue weighted by atomic mass is 16.5. The van der Waals surface area contributed by atoms with Gasteiger partial charge in [-0.15, -0.1) is 0 Å². The number of methoxy groups -OCH3 is 2. The van der Waals surface area contributed by atoms with E-state index in [1.54, 1.807) is 14.2 Å². The summed E-state index contributed by atoms with van der Waals surface area (Å²) in [5.74, 6) is 3.02. The van der Waals surface area contributed by atoms with Gasteiger partial charge in [-0.05, 0) is 29.8 Å². The zero-order valence-electron chi connectivity index (χ0n) is 14.6. The second-order valence-electron chi connectivity index (χ2n) is 5.55. The maximum atomic E-state index is 6.12. The van der Waals surface area contributed by atoms with Crippen molar-refractivity contribution in [1.82, 2.24) is 0 Å². The van der Waals surface area contributed by atoms with Crippen LogP contribution >= 0.6 is 0 Å². The molecule has 0 aliphatic rings. The molecule has 0 bridgehead atoms. The highest BCUT2D eigenvalue weighted by Crippen LogP contribution is 2.36. The zero-order valence-corrected chi connectivity index (χ0v) is 14.6. The third-order valence-electron chi connectivity index (χ3n) is 4.05. The lowest BCUT2D eigenvalue weighted by Gasteiger charge is -2.08. The summed E-state index contributed by atoms with van der Waals surface area (Å²) in [6.45, 7) is 4.21. The van der Waals surface area contributed by atoms with Crippen LogP contribution in [0.2, 0.25) is 0 Å². The summed E-state index contributed by atoms with van der Waals surface area (Å²) in [5, 5.41) is 3.18. The number of anilines is 1. The average Bonchev–Trinajstić information content (AvgIpc) is 3.12. The normalized spacial score (nSPS) is 10.4. The van der Waals surface area contributed by atoms with E-state index >= 15 is 0 Å². The summed E-state index contributed by atoms with van der Waals surface area (Å²) >= 11 is 0. The van der Waals surface area contributed by atoms with Crippen LogP contribution in [0.1, 0.15) is 11.3 Å². The summed E-state index contributed by atoms with van der Waals surface area (Å²) in [7, 11) is 5.16. The lowest BCUT2D eigenvalue weighted by molar-refractivity contribution is 0.414. The highest BCUT2D eigenvalue weighted by molar-refractivity contribution is 5.84. The Balaban J connectivity index is 2.01. The van der Waals surface area contributed by atoms with Gasteiger partial charge in [0.2, 0.25) is 0 Å². The Kier molecular flexibility index (Phi) is 4.80. The topological polar surface area (TPSA) is 43.6 Å². The first-order chi connectivity index (χ1) is 12.2. The third-order valence-corrected chi connectivity index (χ3v) is 4.05. The van der Waals surface area contributed by atoms with Crippen LogP contribution in [0.3, 0.4) is 0 Å². The molecule has 1 aromatic heterocycles. The predicted octanol–water partition coefficient (Wildman–Crippen LogP) is 5.07. The number of ether oxygens (including phenoxy) is 2. The van der Waals surface area contributed by atoms with E-state index in [1.165, 1.54) is 0 Å². The molecule has 0 saturated heterocycles. The Morgan fingerprint density at radius 2 is 1.64 bits per heavy atom. The van der Waals surface area contributed by atoms with E-state index < -0.39 is 0 Å². The van der Waals surface area contributed by atoms with E-state index in [-0.39, 0.29) is 0 Å². The molecule has 25 heavy (non-hydrogen) atoms. The van der Waals surface area contributed by atoms with Gasteiger partial charge in [0, 0.05) is 24.3 Å². The molecule has 3 rings (SSSR count). The van der Waals surface area contributed by atoms with Crippen LogP contribution in [0.25, 0.3) is 16.9 Å². The molecule has 0 aliphatic carbocycles. The van der Waals surface area contributed by atoms with Crippen molar-refractivity contribution >= 4 is 11.3 Å². The second-order valence-corrected chi connectivity index (χ2v) is 5.55. The van der Waals surface area contributed by atoms with Crippen LogP contribution in [0.15, 0.2) is 65.6 Å². The van der Waals surface area contributed by atoms with Gasteiger partial charge in [-0.1, -0.05) is 30.8 Å². The quantitative estimate of drug-likeness (QED) is 0.683. The van der Waals surface area contributed by atoms with Crippen molar-refractivity contribution in [2.24, 2.45) is 0 Å². The fraction of sp³-hybridized carbons (Fsp3) is 0.143. The molecule has 1 heterocycles. The van der Waals surface area contributed by atoms with Crippen molar-refractivity contribution in [3.63, 3.8) is 0 Å². The Morgan fingerprint density at radius 1 is 0.960 bits per heavy atom. The van der Waals surface area contributed by atoms with E-state index in [0.717, 1.165) is 39.6 Å². The Hall–Kier alpha value is -3.14. The number of benzene rings is 2. The SMILES string of the molecule is C=C(c1cccc(OC)c1)c1oc(-c2cccc(OC)c2)cc1NC. The van der Waals surface area contributed by atoms with Gasteiger partial charge in [-0.3, -0.25) is 0 Å². The summed E-state index contributed by atoms with van der Waals surface area (Å²) < 4.78 is 16.7. The van der Waals surface area contributed by atoms with Gasteiger partial charge in [0.15, 0.2) is 5.76 Å². The standard InChI is InChI=1S/C21H21NO3/c1-14(15-7-5-9-17(11-15)23-3)21-19(22-2)13-20(25-21)16-8-6-10-18(12-16)24-4/h5-13,22H,1H2,2-4H3. The molecule has 0 fully saturated rings. The molecule has 4 nitrogen and oxygen atoms in total. The molecule has 2 aromatic carbocycles. The van der Waals surface area contributed by atoms with Crippen molar-refractivity contribution in [3.05, 3.63) is 72.5 Å². The number of nitrogens with one attached hydrogen (secondary N) is 1. The predicted molar refractivity (Wildman–Crippen MR) is 101 cm³/mol. The maximum absolute atomic E-state index is 6.12. The van der Waals surface area contributed by atoms with Crippen LogP contribution in [0.4, 0.5) is 5.69 Å². The lowest BCUT2D eigenvalue weighted by Crippen LogP contribution is -1.92. The second kappa shape index (κ2) is 7.18. The first kappa shape index (κ1) is 16.7. The maximum Gasteiger partial charge on any atom is 0.157 e. The van der Waals surface area contributed by atoms with Crippen molar-refractivity contribution in [1.29, 1.82) is 0 Å². The Labute approximate surface area is 147 Å². The van der Waals surface area contributed by atoms with Crippen LogP contribution < -0.4 is 14.8 Å². The highest BCUT2D eigenvalue weighted by Gasteiger charge is 2.16. The smallest absolute Gasteiger partial charge is 0.157 e. The number of hydrogen-bond acceptors (Lipinski definition) is 4. The Bertz CT molecular complexity index is 896. The summed E-state index contributed by atoms with van der Waals surface area (Å²) in [4.78, 5) is 0. The summed E-state index contributed by atoms with van der Waals surface area (Å²) in [6.07, 6.45) is 0. The van der Waals surface area contributed by atoms with E-state index in [2.05, 4.69) is 11.9 Å². The van der Waals surface area contributed by atoms with Crippen molar-refractivity contribution in [2.75, 3.05) is 26.6 Å². The fourth-order valence-electron chi connectivity index (χ4n) is 2.66. The number of rotatable bonds is 6. The van der Waals surface area contributed by atoms with E-state index in [9.17, 15) is 0 Å². The number of furan rings is 1. The lowest BCUT2D eigenvalue weighted by atomic mass is 10.0. The molecule has 1 N–H and O–H groups in total. The minimum atomic E-state index is 0.702. The molecule has 0 saturated carbocycles. The minimum Gasteiger partial charge on any atom is -0.497 e. The van der Waals surface area contributed by atoms with Crippen LogP contribution in [-0.2, 0) is 0 Å². The minimum absolute atomic E-state index is 0.702. The molecule has 4 heteroatoms. The number of hydrogen-bond donors (Lipinski definition) is 1. The molecular formula is C21H21NO3. The largest absolute Gasteiger partial charge is 0.497 e. The van der Waals surface area contributed by atoms with Crippen molar-refractivity contribution in [2.45, 2.75) is 0 Å². The molecule has 0 atom stereocenters. The summed E-state index contributed by atoms with van der Waals surface area (Å²) in [5.41, 5.74) is 3.56. The summed E-state index contributed by atoms with van der Waals surface area (Å²) in [6, 6.07) is 17.5. The molecule has 0 aliphatic heterocycles. The molecule has 3 aromatic rings. The van der Waals surface area contributed by atoms with Crippen molar-refractivity contribution in [3.8, 4) is 22.8 Å². The van der Waals surface area contributed by atoms with E-state index in [1.807, 2.05) is 61.6 Å². The van der Waals surface area contributed by atoms with Gasteiger partial charge in [-0.2, -0.15) is 0 Å². The average molecular weight is 335 g/mol. The van der Waals surface area contributed by atoms with Gasteiger partial charge in [-0.25, -0.2) is 0 Å². The monoisotopic (exact) mass is 335 g/mol. The van der Waals surface area contributed by atoms with Gasteiger partial charge < -0.3 is 19.2 Å². The first-order valence-electron chi connectivity index (χ1n) is 7.96. The molecular weight excluding hydrogens is 314 g/mol. The van der Waals surface area contributed by atoms with Crippen LogP contribution in [0.5, 0.6) is 11.5 Å². The van der Waals surface area contributed by atoms with Crippen LogP contribution in [0, 0.1) is 0 Å². The van der Waals surface area contributed by atoms with Gasteiger partial charge >= 0.3 is 0 Å². The van der Waals surface area contributed by atoms with E-state index in [0.29, 0.717) is 5.76 Å². The van der Waals surface area contributed by atoms with Crippen molar-refractivity contribution < 1.29 is 13.9 Å². The molecule has 0 unspecified atom stereocenters. The molecule has 0 amide bonds.